The van der Waals surface area contributed by atoms with Gasteiger partial charge in [-0.05, 0) is 40.8 Å². The van der Waals surface area contributed by atoms with Crippen molar-refractivity contribution < 1.29 is 4.39 Å². The van der Waals surface area contributed by atoms with E-state index in [0.717, 1.165) is 15.0 Å². The maximum Gasteiger partial charge on any atom is 0.124 e. The van der Waals surface area contributed by atoms with Crippen molar-refractivity contribution in [2.45, 2.75) is 5.33 Å². The van der Waals surface area contributed by atoms with Crippen LogP contribution in [0.15, 0.2) is 24.4 Å². The van der Waals surface area contributed by atoms with Crippen molar-refractivity contribution in [3.63, 3.8) is 0 Å². The molecule has 1 aromatic heterocycles. The van der Waals surface area contributed by atoms with Crippen molar-refractivity contribution in [1.29, 1.82) is 0 Å². The number of hydrogen-bond donors (Lipinski definition) is 0. The summed E-state index contributed by atoms with van der Waals surface area (Å²) in [5.41, 5.74) is 1.67. The first-order valence-corrected chi connectivity index (χ1v) is 6.33. The summed E-state index contributed by atoms with van der Waals surface area (Å²) in [7, 11) is 0. The topological polar surface area (TPSA) is 30.7 Å². The minimum Gasteiger partial charge on any atom is -0.219 e. The van der Waals surface area contributed by atoms with Crippen LogP contribution in [-0.4, -0.2) is 15.0 Å². The first-order chi connectivity index (χ1) is 7.20. The number of hydrogen-bond acceptors (Lipinski definition) is 2. The van der Waals surface area contributed by atoms with Crippen LogP contribution in [0.1, 0.15) is 5.69 Å². The predicted octanol–water partition coefficient (Wildman–Crippen LogP) is 2.91. The molecule has 0 N–H and O–H groups in total. The third-order valence-corrected chi connectivity index (χ3v) is 3.27. The molecule has 6 heteroatoms. The Labute approximate surface area is 108 Å². The molecule has 0 bridgehead atoms. The van der Waals surface area contributed by atoms with Crippen LogP contribution >= 0.6 is 38.5 Å². The molecule has 78 valence electrons. The number of benzene rings is 1. The second kappa shape index (κ2) is 4.56. The minimum absolute atomic E-state index is 0.246. The molecule has 0 spiro atoms. The van der Waals surface area contributed by atoms with Gasteiger partial charge in [-0.1, -0.05) is 21.1 Å². The van der Waals surface area contributed by atoms with Crippen LogP contribution in [0.4, 0.5) is 4.39 Å². The summed E-state index contributed by atoms with van der Waals surface area (Å²) in [6, 6.07) is 4.56. The van der Waals surface area contributed by atoms with Gasteiger partial charge in [0.1, 0.15) is 5.82 Å². The Kier molecular flexibility index (Phi) is 3.35. The smallest absolute Gasteiger partial charge is 0.124 e. The highest BCUT2D eigenvalue weighted by molar-refractivity contribution is 14.1. The lowest BCUT2D eigenvalue weighted by molar-refractivity contribution is 0.625. The van der Waals surface area contributed by atoms with Gasteiger partial charge in [0, 0.05) is 8.90 Å². The average Bonchev–Trinajstić information content (AvgIpc) is 2.66. The van der Waals surface area contributed by atoms with E-state index < -0.39 is 0 Å². The molecule has 15 heavy (non-hydrogen) atoms. The van der Waals surface area contributed by atoms with E-state index in [1.807, 2.05) is 6.20 Å². The fourth-order valence-electron chi connectivity index (χ4n) is 1.14. The molecular formula is C9H6BrFIN3. The first-order valence-electron chi connectivity index (χ1n) is 4.13. The molecule has 0 aliphatic rings. The van der Waals surface area contributed by atoms with Gasteiger partial charge in [0.25, 0.3) is 0 Å². The fourth-order valence-corrected chi connectivity index (χ4v) is 2.13. The Hall–Kier alpha value is -0.500. The van der Waals surface area contributed by atoms with Crippen LogP contribution in [0.5, 0.6) is 0 Å². The molecule has 3 nitrogen and oxygen atoms in total. The van der Waals surface area contributed by atoms with Crippen LogP contribution in [-0.2, 0) is 5.33 Å². The number of aromatic nitrogens is 3. The molecule has 1 aromatic carbocycles. The zero-order valence-electron chi connectivity index (χ0n) is 7.49. The van der Waals surface area contributed by atoms with Gasteiger partial charge in [0.05, 0.1) is 17.6 Å². The summed E-state index contributed by atoms with van der Waals surface area (Å²) in [6.45, 7) is 0. The molecule has 0 amide bonds. The van der Waals surface area contributed by atoms with Crippen molar-refractivity contribution >= 4 is 38.5 Å². The number of nitrogens with zero attached hydrogens (tertiary/aromatic N) is 3. The van der Waals surface area contributed by atoms with Gasteiger partial charge in [-0.2, -0.15) is 0 Å². The summed E-state index contributed by atoms with van der Waals surface area (Å²) in [5.74, 6) is -0.246. The first kappa shape index (κ1) is 11.0. The van der Waals surface area contributed by atoms with Crippen molar-refractivity contribution in [3.05, 3.63) is 39.5 Å². The van der Waals surface area contributed by atoms with Gasteiger partial charge >= 0.3 is 0 Å². The quantitative estimate of drug-likeness (QED) is 0.591. The number of alkyl halides is 1. The highest BCUT2D eigenvalue weighted by Gasteiger charge is 2.06. The minimum atomic E-state index is -0.246. The third kappa shape index (κ3) is 2.36. The lowest BCUT2D eigenvalue weighted by Gasteiger charge is -2.02. The molecule has 2 rings (SSSR count). The van der Waals surface area contributed by atoms with E-state index in [-0.39, 0.29) is 5.82 Å². The summed E-state index contributed by atoms with van der Waals surface area (Å²) in [4.78, 5) is 0. The molecule has 0 radical (unpaired) electrons. The van der Waals surface area contributed by atoms with Crippen LogP contribution < -0.4 is 0 Å². The SMILES string of the molecule is Fc1ccc(-n2cc(CBr)nn2)c(I)c1. The third-order valence-electron chi connectivity index (χ3n) is 1.83. The monoisotopic (exact) mass is 381 g/mol. The zero-order valence-corrected chi connectivity index (χ0v) is 11.2. The molecule has 0 aliphatic heterocycles. The van der Waals surface area contributed by atoms with E-state index in [2.05, 4.69) is 48.8 Å². The largest absolute Gasteiger partial charge is 0.219 e. The van der Waals surface area contributed by atoms with Gasteiger partial charge in [0.15, 0.2) is 0 Å². The molecule has 0 fully saturated rings. The van der Waals surface area contributed by atoms with Gasteiger partial charge in [-0.25, -0.2) is 9.07 Å². The van der Waals surface area contributed by atoms with Crippen LogP contribution in [0, 0.1) is 9.39 Å². The molecule has 0 saturated heterocycles. The molecule has 0 saturated carbocycles. The Balaban J connectivity index is 2.44. The Morgan fingerprint density at radius 1 is 1.47 bits per heavy atom. The Bertz CT molecular complexity index is 486. The summed E-state index contributed by atoms with van der Waals surface area (Å²) < 4.78 is 15.3. The van der Waals surface area contributed by atoms with E-state index >= 15 is 0 Å². The highest BCUT2D eigenvalue weighted by atomic mass is 127. The molecule has 2 aromatic rings. The average molecular weight is 382 g/mol. The normalized spacial score (nSPS) is 10.6. The van der Waals surface area contributed by atoms with Crippen LogP contribution in [0.3, 0.4) is 0 Å². The fraction of sp³-hybridized carbons (Fsp3) is 0.111. The molecular weight excluding hydrogens is 376 g/mol. The lowest BCUT2D eigenvalue weighted by atomic mass is 10.3. The van der Waals surface area contributed by atoms with Gasteiger partial charge in [0.2, 0.25) is 0 Å². The van der Waals surface area contributed by atoms with Crippen molar-refractivity contribution in [3.8, 4) is 5.69 Å². The summed E-state index contributed by atoms with van der Waals surface area (Å²) >= 11 is 5.37. The van der Waals surface area contributed by atoms with E-state index in [0.29, 0.717) is 5.33 Å². The van der Waals surface area contributed by atoms with E-state index in [4.69, 9.17) is 0 Å². The standard InChI is InChI=1S/C9H6BrFIN3/c10-4-7-5-15(14-13-7)9-2-1-6(11)3-8(9)12/h1-3,5H,4H2. The number of rotatable bonds is 2. The Morgan fingerprint density at radius 3 is 2.87 bits per heavy atom. The second-order valence-electron chi connectivity index (χ2n) is 2.88. The maximum absolute atomic E-state index is 12.9. The van der Waals surface area contributed by atoms with Crippen LogP contribution in [0.2, 0.25) is 0 Å². The van der Waals surface area contributed by atoms with Crippen molar-refractivity contribution in [2.75, 3.05) is 0 Å². The van der Waals surface area contributed by atoms with Crippen LogP contribution in [0.25, 0.3) is 5.69 Å². The summed E-state index contributed by atoms with van der Waals surface area (Å²) in [6.07, 6.45) is 1.81. The highest BCUT2D eigenvalue weighted by Crippen LogP contribution is 2.17. The lowest BCUT2D eigenvalue weighted by Crippen LogP contribution is -1.98. The zero-order chi connectivity index (χ0) is 10.8. The maximum atomic E-state index is 12.9. The molecule has 0 aliphatic carbocycles. The van der Waals surface area contributed by atoms with E-state index in [1.165, 1.54) is 12.1 Å². The summed E-state index contributed by atoms with van der Waals surface area (Å²) in [5, 5.41) is 8.56. The van der Waals surface area contributed by atoms with Crippen molar-refractivity contribution in [1.82, 2.24) is 15.0 Å². The molecule has 1 heterocycles. The van der Waals surface area contributed by atoms with Gasteiger partial charge in [-0.15, -0.1) is 5.10 Å². The number of halogens is 3. The van der Waals surface area contributed by atoms with Crippen molar-refractivity contribution in [2.24, 2.45) is 0 Å². The van der Waals surface area contributed by atoms with E-state index in [9.17, 15) is 4.39 Å². The molecule has 0 atom stereocenters. The van der Waals surface area contributed by atoms with E-state index in [1.54, 1.807) is 10.7 Å². The van der Waals surface area contributed by atoms with Gasteiger partial charge in [-0.3, -0.25) is 0 Å². The molecule has 0 unspecified atom stereocenters. The predicted molar refractivity (Wildman–Crippen MR) is 66.7 cm³/mol. The van der Waals surface area contributed by atoms with Gasteiger partial charge < -0.3 is 0 Å². The Morgan fingerprint density at radius 2 is 2.27 bits per heavy atom. The second-order valence-corrected chi connectivity index (χ2v) is 4.61.